The normalized spacial score (nSPS) is 17.2. The largest absolute Gasteiger partial charge is 0.481 e. The Morgan fingerprint density at radius 1 is 1.30 bits per heavy atom. The van der Waals surface area contributed by atoms with Crippen molar-refractivity contribution in [2.45, 2.75) is 25.8 Å². The van der Waals surface area contributed by atoms with Gasteiger partial charge in [0.05, 0.1) is 18.7 Å². The lowest BCUT2D eigenvalue weighted by molar-refractivity contribution is 0.0697. The van der Waals surface area contributed by atoms with Crippen molar-refractivity contribution in [3.63, 3.8) is 0 Å². The van der Waals surface area contributed by atoms with Gasteiger partial charge in [-0.3, -0.25) is 9.79 Å². The summed E-state index contributed by atoms with van der Waals surface area (Å²) in [5, 5.41) is 12.3. The number of hydrogen-bond acceptors (Lipinski definition) is 6. The molecule has 142 valence electrons. The van der Waals surface area contributed by atoms with Crippen molar-refractivity contribution >= 4 is 29.1 Å². The number of amides is 1. The van der Waals surface area contributed by atoms with Crippen LogP contribution in [0, 0.1) is 6.92 Å². The Hall–Kier alpha value is -2.74. The van der Waals surface area contributed by atoms with Gasteiger partial charge in [0.2, 0.25) is 5.90 Å². The molecule has 27 heavy (non-hydrogen) atoms. The number of ether oxygens (including phenoxy) is 1. The zero-order valence-electron chi connectivity index (χ0n) is 15.4. The second-order valence-electron chi connectivity index (χ2n) is 6.32. The highest BCUT2D eigenvalue weighted by Gasteiger charge is 2.33. The molecule has 1 aromatic heterocycles. The Balaban J connectivity index is 1.99. The number of benzene rings is 1. The number of aromatic nitrogens is 1. The van der Waals surface area contributed by atoms with Crippen LogP contribution in [-0.4, -0.2) is 53.5 Å². The van der Waals surface area contributed by atoms with Gasteiger partial charge in [0.15, 0.2) is 0 Å². The monoisotopic (exact) mass is 387 g/mol. The summed E-state index contributed by atoms with van der Waals surface area (Å²) >= 11 is 1.55. The number of carbonyl (C=O) groups excluding carboxylic acids is 1. The van der Waals surface area contributed by atoms with Crippen molar-refractivity contribution in [1.29, 1.82) is 0 Å². The van der Waals surface area contributed by atoms with Crippen molar-refractivity contribution < 1.29 is 19.4 Å². The highest BCUT2D eigenvalue weighted by Crippen LogP contribution is 2.35. The van der Waals surface area contributed by atoms with E-state index in [0.29, 0.717) is 17.7 Å². The van der Waals surface area contributed by atoms with Gasteiger partial charge in [-0.1, -0.05) is 0 Å². The molecule has 0 bridgehead atoms. The molecule has 0 unspecified atom stereocenters. The number of hydrogen-bond donors (Lipinski definition) is 1. The average Bonchev–Trinajstić information content (AvgIpc) is 3.30. The van der Waals surface area contributed by atoms with E-state index < -0.39 is 5.97 Å². The Morgan fingerprint density at radius 2 is 2.00 bits per heavy atom. The van der Waals surface area contributed by atoms with Gasteiger partial charge in [0.1, 0.15) is 5.01 Å². The minimum atomic E-state index is -1.11. The first-order valence-corrected chi connectivity index (χ1v) is 9.45. The van der Waals surface area contributed by atoms with Gasteiger partial charge in [0, 0.05) is 35.8 Å². The number of aliphatic imine (C=N–C) groups is 1. The van der Waals surface area contributed by atoms with E-state index in [1.807, 2.05) is 12.3 Å². The zero-order valence-corrected chi connectivity index (χ0v) is 16.2. The molecule has 1 aromatic carbocycles. The molecule has 2 aromatic rings. The van der Waals surface area contributed by atoms with E-state index in [2.05, 4.69) is 9.98 Å². The number of rotatable bonds is 4. The number of aryl methyl sites for hydroxylation is 1. The van der Waals surface area contributed by atoms with Crippen molar-refractivity contribution in [2.24, 2.45) is 4.99 Å². The number of carboxylic acid groups (broad SMARTS) is 1. The Kier molecular flexibility index (Phi) is 5.55. The second-order valence-corrected chi connectivity index (χ2v) is 7.21. The van der Waals surface area contributed by atoms with Gasteiger partial charge in [-0.2, -0.15) is 0 Å². The smallest absolute Gasteiger partial charge is 0.335 e. The number of aromatic carboxylic acids is 1. The summed E-state index contributed by atoms with van der Waals surface area (Å²) in [6, 6.07) is 4.41. The van der Waals surface area contributed by atoms with E-state index >= 15 is 0 Å². The summed E-state index contributed by atoms with van der Waals surface area (Å²) in [6.45, 7) is 2.55. The molecule has 2 heterocycles. The third kappa shape index (κ3) is 3.85. The molecule has 0 radical (unpaired) electrons. The van der Waals surface area contributed by atoms with E-state index in [1.54, 1.807) is 29.4 Å². The molecule has 1 aliphatic heterocycles. The van der Waals surface area contributed by atoms with Crippen LogP contribution in [-0.2, 0) is 4.74 Å². The van der Waals surface area contributed by atoms with E-state index in [1.165, 1.54) is 19.2 Å². The fraction of sp³-hybridized carbons (Fsp3) is 0.368. The summed E-state index contributed by atoms with van der Waals surface area (Å²) in [4.78, 5) is 35.0. The first-order chi connectivity index (χ1) is 12.9. The van der Waals surface area contributed by atoms with Crippen LogP contribution in [0.1, 0.15) is 55.9 Å². The van der Waals surface area contributed by atoms with Gasteiger partial charge >= 0.3 is 5.97 Å². The predicted octanol–water partition coefficient (Wildman–Crippen LogP) is 3.15. The lowest BCUT2D eigenvalue weighted by Crippen LogP contribution is -2.31. The minimum absolute atomic E-state index is 0.0230. The molecular weight excluding hydrogens is 366 g/mol. The summed E-state index contributed by atoms with van der Waals surface area (Å²) in [5.74, 6) is -1.03. The first kappa shape index (κ1) is 19.0. The molecule has 0 aliphatic carbocycles. The van der Waals surface area contributed by atoms with Crippen LogP contribution >= 0.6 is 11.3 Å². The standard InChI is InChI=1S/C19H21N3O4S/c1-11-10-27-17(21-11)15-5-4-6-22(15)18(23)13-7-12(16(20-2)26-3)8-14(9-13)19(24)25/h7-10,15H,4-6H2,1-3H3,(H,24,25)/b20-16-/t15-/m1/s1. The SMILES string of the molecule is C/N=C(\OC)c1cc(C(=O)O)cc(C(=O)N2CCC[C@@H]2c2nc(C)cs2)c1. The van der Waals surface area contributed by atoms with Crippen molar-refractivity contribution in [3.05, 3.63) is 51.0 Å². The highest BCUT2D eigenvalue weighted by molar-refractivity contribution is 7.09. The van der Waals surface area contributed by atoms with Crippen LogP contribution in [0.4, 0.5) is 0 Å². The number of methoxy groups -OCH3 is 1. The fourth-order valence-electron chi connectivity index (χ4n) is 3.29. The Morgan fingerprint density at radius 3 is 2.59 bits per heavy atom. The topological polar surface area (TPSA) is 92.1 Å². The molecule has 1 atom stereocenters. The summed E-state index contributed by atoms with van der Waals surface area (Å²) in [6.07, 6.45) is 1.74. The number of thiazole rings is 1. The minimum Gasteiger partial charge on any atom is -0.481 e. The molecule has 1 aliphatic rings. The van der Waals surface area contributed by atoms with Gasteiger partial charge in [0.25, 0.3) is 5.91 Å². The lowest BCUT2D eigenvalue weighted by Gasteiger charge is -2.23. The van der Waals surface area contributed by atoms with Crippen LogP contribution in [0.3, 0.4) is 0 Å². The Labute approximate surface area is 161 Å². The van der Waals surface area contributed by atoms with E-state index in [9.17, 15) is 14.7 Å². The van der Waals surface area contributed by atoms with Crippen LogP contribution in [0.2, 0.25) is 0 Å². The molecule has 0 saturated carbocycles. The van der Waals surface area contributed by atoms with Crippen molar-refractivity contribution in [1.82, 2.24) is 9.88 Å². The molecule has 1 N–H and O–H groups in total. The van der Waals surface area contributed by atoms with Crippen LogP contribution in [0.5, 0.6) is 0 Å². The molecule has 1 saturated heterocycles. The molecule has 7 nitrogen and oxygen atoms in total. The van der Waals surface area contributed by atoms with E-state index in [0.717, 1.165) is 23.5 Å². The Bertz CT molecular complexity index is 906. The quantitative estimate of drug-likeness (QED) is 0.643. The van der Waals surface area contributed by atoms with Gasteiger partial charge in [-0.05, 0) is 38.0 Å². The van der Waals surface area contributed by atoms with E-state index in [4.69, 9.17) is 4.74 Å². The third-order valence-electron chi connectivity index (χ3n) is 4.51. The average molecular weight is 387 g/mol. The van der Waals surface area contributed by atoms with Gasteiger partial charge < -0.3 is 14.7 Å². The number of nitrogens with zero attached hydrogens (tertiary/aromatic N) is 3. The fourth-order valence-corrected chi connectivity index (χ4v) is 4.24. The molecule has 0 spiro atoms. The number of carboxylic acids is 1. The second kappa shape index (κ2) is 7.87. The zero-order chi connectivity index (χ0) is 19.6. The maximum absolute atomic E-state index is 13.2. The molecule has 1 amide bonds. The molecular formula is C19H21N3O4S. The van der Waals surface area contributed by atoms with Crippen LogP contribution in [0.25, 0.3) is 0 Å². The van der Waals surface area contributed by atoms with Crippen molar-refractivity contribution in [2.75, 3.05) is 20.7 Å². The summed E-state index contributed by atoms with van der Waals surface area (Å²) in [7, 11) is 3.01. The molecule has 1 fully saturated rings. The predicted molar refractivity (Wildman–Crippen MR) is 103 cm³/mol. The number of likely N-dealkylation sites (tertiary alicyclic amines) is 1. The maximum atomic E-state index is 13.2. The lowest BCUT2D eigenvalue weighted by atomic mass is 10.0. The number of carbonyl (C=O) groups is 2. The van der Waals surface area contributed by atoms with Crippen molar-refractivity contribution in [3.8, 4) is 0 Å². The van der Waals surface area contributed by atoms with Crippen LogP contribution in [0.15, 0.2) is 28.6 Å². The third-order valence-corrected chi connectivity index (χ3v) is 5.57. The highest BCUT2D eigenvalue weighted by atomic mass is 32.1. The van der Waals surface area contributed by atoms with E-state index in [-0.39, 0.29) is 23.4 Å². The molecule has 8 heteroatoms. The first-order valence-electron chi connectivity index (χ1n) is 8.57. The summed E-state index contributed by atoms with van der Waals surface area (Å²) in [5.41, 5.74) is 1.73. The van der Waals surface area contributed by atoms with Gasteiger partial charge in [-0.25, -0.2) is 9.78 Å². The molecule has 3 rings (SSSR count). The maximum Gasteiger partial charge on any atom is 0.335 e. The van der Waals surface area contributed by atoms with Crippen LogP contribution < -0.4 is 0 Å². The van der Waals surface area contributed by atoms with Gasteiger partial charge in [-0.15, -0.1) is 11.3 Å². The summed E-state index contributed by atoms with van der Waals surface area (Å²) < 4.78 is 5.20.